The first-order valence-corrected chi connectivity index (χ1v) is 7.50. The van der Waals surface area contributed by atoms with Gasteiger partial charge in [0, 0.05) is 11.1 Å². The summed E-state index contributed by atoms with van der Waals surface area (Å²) in [5, 5.41) is 12.3. The van der Waals surface area contributed by atoms with Crippen LogP contribution in [-0.4, -0.2) is 19.5 Å². The summed E-state index contributed by atoms with van der Waals surface area (Å²) in [4.78, 5) is 10.8. The summed E-state index contributed by atoms with van der Waals surface area (Å²) in [6, 6.07) is 5.21. The van der Waals surface area contributed by atoms with Crippen molar-refractivity contribution in [2.45, 2.75) is 4.90 Å². The van der Waals surface area contributed by atoms with E-state index in [2.05, 4.69) is 4.72 Å². The molecule has 0 unspecified atom stereocenters. The van der Waals surface area contributed by atoms with E-state index in [0.717, 1.165) is 6.07 Å². The number of nitrogens with two attached hydrogens (primary N) is 1. The van der Waals surface area contributed by atoms with Gasteiger partial charge in [0.15, 0.2) is 0 Å². The molecule has 0 fully saturated rings. The fourth-order valence-corrected chi connectivity index (χ4v) is 3.37. The first-order chi connectivity index (χ1) is 8.90. The molecule has 0 spiro atoms. The smallest absolute Gasteiger partial charge is 0.337 e. The third-order valence-electron chi connectivity index (χ3n) is 2.30. The van der Waals surface area contributed by atoms with E-state index >= 15 is 0 Å². The van der Waals surface area contributed by atoms with Gasteiger partial charge in [0.2, 0.25) is 0 Å². The van der Waals surface area contributed by atoms with E-state index in [-0.39, 0.29) is 16.1 Å². The molecule has 0 aliphatic carbocycles. The Balaban J connectivity index is 2.49. The zero-order valence-electron chi connectivity index (χ0n) is 9.53. The molecular formula is C11H10N2O4S2. The van der Waals surface area contributed by atoms with Crippen molar-refractivity contribution in [3.63, 3.8) is 0 Å². The maximum atomic E-state index is 12.1. The number of sulfonamides is 1. The van der Waals surface area contributed by atoms with Crippen LogP contribution >= 0.6 is 11.3 Å². The van der Waals surface area contributed by atoms with Crippen LogP contribution in [0.25, 0.3) is 0 Å². The van der Waals surface area contributed by atoms with Gasteiger partial charge in [-0.1, -0.05) is 0 Å². The average Bonchev–Trinajstić information content (AvgIpc) is 2.80. The molecule has 0 saturated carbocycles. The number of hydrogen-bond donors (Lipinski definition) is 3. The van der Waals surface area contributed by atoms with Crippen LogP contribution in [0.1, 0.15) is 10.4 Å². The summed E-state index contributed by atoms with van der Waals surface area (Å²) < 4.78 is 26.6. The predicted octanol–water partition coefficient (Wildman–Crippen LogP) is 1.83. The molecule has 0 saturated heterocycles. The van der Waals surface area contributed by atoms with E-state index in [1.807, 2.05) is 0 Å². The van der Waals surface area contributed by atoms with Crippen LogP contribution < -0.4 is 10.5 Å². The van der Waals surface area contributed by atoms with Crippen molar-refractivity contribution < 1.29 is 18.3 Å². The largest absolute Gasteiger partial charge is 0.478 e. The summed E-state index contributed by atoms with van der Waals surface area (Å²) in [5.74, 6) is -1.35. The average molecular weight is 298 g/mol. The number of thiophene rings is 1. The summed E-state index contributed by atoms with van der Waals surface area (Å²) in [6.07, 6.45) is 0. The second-order valence-electron chi connectivity index (χ2n) is 3.68. The molecule has 1 aromatic heterocycles. The molecule has 0 bridgehead atoms. The van der Waals surface area contributed by atoms with Crippen molar-refractivity contribution >= 4 is 38.7 Å². The molecule has 1 heterocycles. The number of nitrogens with one attached hydrogen (secondary N) is 1. The SMILES string of the molecule is Nc1ccc(S(=O)(=O)Nc2ccsc2)c(C(=O)O)c1. The molecule has 6 nitrogen and oxygen atoms in total. The van der Waals surface area contributed by atoms with Crippen molar-refractivity contribution in [3.05, 3.63) is 40.6 Å². The Morgan fingerprint density at radius 3 is 2.63 bits per heavy atom. The second kappa shape index (κ2) is 4.90. The minimum absolute atomic E-state index is 0.187. The highest BCUT2D eigenvalue weighted by molar-refractivity contribution is 7.92. The zero-order chi connectivity index (χ0) is 14.0. The van der Waals surface area contributed by atoms with Crippen molar-refractivity contribution in [2.75, 3.05) is 10.5 Å². The zero-order valence-corrected chi connectivity index (χ0v) is 11.2. The molecule has 100 valence electrons. The van der Waals surface area contributed by atoms with Crippen molar-refractivity contribution in [1.82, 2.24) is 0 Å². The molecule has 0 aliphatic heterocycles. The van der Waals surface area contributed by atoms with E-state index in [1.54, 1.807) is 16.8 Å². The topological polar surface area (TPSA) is 109 Å². The Labute approximate surface area is 113 Å². The maximum absolute atomic E-state index is 12.1. The van der Waals surface area contributed by atoms with Gasteiger partial charge in [0.1, 0.15) is 4.90 Å². The second-order valence-corrected chi connectivity index (χ2v) is 6.11. The van der Waals surface area contributed by atoms with Crippen LogP contribution in [0.2, 0.25) is 0 Å². The van der Waals surface area contributed by atoms with Gasteiger partial charge >= 0.3 is 5.97 Å². The van der Waals surface area contributed by atoms with Gasteiger partial charge in [-0.25, -0.2) is 13.2 Å². The molecule has 0 amide bonds. The fraction of sp³-hybridized carbons (Fsp3) is 0. The number of hydrogen-bond acceptors (Lipinski definition) is 5. The van der Waals surface area contributed by atoms with Gasteiger partial charge in [-0.3, -0.25) is 4.72 Å². The summed E-state index contributed by atoms with van der Waals surface area (Å²) >= 11 is 1.33. The van der Waals surface area contributed by atoms with Gasteiger partial charge in [-0.05, 0) is 29.6 Å². The third-order valence-corrected chi connectivity index (χ3v) is 4.42. The first kappa shape index (κ1) is 13.4. The monoisotopic (exact) mass is 298 g/mol. The number of benzene rings is 1. The predicted molar refractivity (Wildman–Crippen MR) is 72.9 cm³/mol. The van der Waals surface area contributed by atoms with E-state index in [1.165, 1.54) is 23.5 Å². The number of carbonyl (C=O) groups is 1. The number of carboxylic acids is 1. The van der Waals surface area contributed by atoms with Gasteiger partial charge in [0.25, 0.3) is 10.0 Å². The molecule has 4 N–H and O–H groups in total. The molecule has 0 radical (unpaired) electrons. The number of carboxylic acid groups (broad SMARTS) is 1. The van der Waals surface area contributed by atoms with Crippen molar-refractivity contribution in [1.29, 1.82) is 0 Å². The standard InChI is InChI=1S/C11H10N2O4S2/c12-7-1-2-10(9(5-7)11(14)15)19(16,17)13-8-3-4-18-6-8/h1-6,13H,12H2,(H,14,15). The van der Waals surface area contributed by atoms with Gasteiger partial charge < -0.3 is 10.8 Å². The van der Waals surface area contributed by atoms with E-state index < -0.39 is 16.0 Å². The molecule has 0 aliphatic rings. The van der Waals surface area contributed by atoms with E-state index in [9.17, 15) is 13.2 Å². The fourth-order valence-electron chi connectivity index (χ4n) is 1.48. The summed E-state index contributed by atoms with van der Waals surface area (Å²) in [5.41, 5.74) is 5.68. The highest BCUT2D eigenvalue weighted by atomic mass is 32.2. The molecule has 19 heavy (non-hydrogen) atoms. The van der Waals surface area contributed by atoms with Crippen molar-refractivity contribution in [2.24, 2.45) is 0 Å². The maximum Gasteiger partial charge on any atom is 0.337 e. The van der Waals surface area contributed by atoms with Crippen LogP contribution in [0.5, 0.6) is 0 Å². The van der Waals surface area contributed by atoms with Crippen LogP contribution in [0.3, 0.4) is 0 Å². The molecular weight excluding hydrogens is 288 g/mol. The minimum Gasteiger partial charge on any atom is -0.478 e. The molecule has 2 aromatic rings. The highest BCUT2D eigenvalue weighted by Crippen LogP contribution is 2.23. The van der Waals surface area contributed by atoms with Crippen LogP contribution in [-0.2, 0) is 10.0 Å². The normalized spacial score (nSPS) is 11.2. The Bertz CT molecular complexity index is 708. The van der Waals surface area contributed by atoms with Crippen LogP contribution in [0.15, 0.2) is 39.9 Å². The van der Waals surface area contributed by atoms with Gasteiger partial charge in [-0.15, -0.1) is 0 Å². The van der Waals surface area contributed by atoms with Gasteiger partial charge in [-0.2, -0.15) is 11.3 Å². The van der Waals surface area contributed by atoms with Crippen molar-refractivity contribution in [3.8, 4) is 0 Å². The Hall–Kier alpha value is -2.06. The first-order valence-electron chi connectivity index (χ1n) is 5.08. The molecule has 1 aromatic carbocycles. The lowest BCUT2D eigenvalue weighted by molar-refractivity contribution is 0.0692. The summed E-state index contributed by atoms with van der Waals surface area (Å²) in [7, 11) is -3.96. The highest BCUT2D eigenvalue weighted by Gasteiger charge is 2.22. The minimum atomic E-state index is -3.96. The lowest BCUT2D eigenvalue weighted by Gasteiger charge is -2.09. The third kappa shape index (κ3) is 2.85. The Morgan fingerprint density at radius 2 is 2.05 bits per heavy atom. The molecule has 8 heteroatoms. The number of anilines is 2. The Kier molecular flexibility index (Phi) is 3.45. The van der Waals surface area contributed by atoms with Gasteiger partial charge in [0.05, 0.1) is 11.3 Å². The lowest BCUT2D eigenvalue weighted by atomic mass is 10.2. The number of nitrogen functional groups attached to an aromatic ring is 1. The van der Waals surface area contributed by atoms with E-state index in [0.29, 0.717) is 5.69 Å². The molecule has 2 rings (SSSR count). The molecule has 0 atom stereocenters. The lowest BCUT2D eigenvalue weighted by Crippen LogP contribution is -2.16. The van der Waals surface area contributed by atoms with Crippen LogP contribution in [0.4, 0.5) is 11.4 Å². The summed E-state index contributed by atoms with van der Waals surface area (Å²) in [6.45, 7) is 0. The number of rotatable bonds is 4. The number of aromatic carboxylic acids is 1. The quantitative estimate of drug-likeness (QED) is 0.746. The van der Waals surface area contributed by atoms with E-state index in [4.69, 9.17) is 10.8 Å². The Morgan fingerprint density at radius 1 is 1.32 bits per heavy atom. The van der Waals surface area contributed by atoms with Crippen LogP contribution in [0, 0.1) is 0 Å².